The van der Waals surface area contributed by atoms with Crippen LogP contribution in [0.3, 0.4) is 0 Å². The van der Waals surface area contributed by atoms with Crippen LogP contribution in [-0.4, -0.2) is 47.5 Å². The number of aryl methyl sites for hydroxylation is 1. The van der Waals surface area contributed by atoms with Gasteiger partial charge in [0.25, 0.3) is 0 Å². The van der Waals surface area contributed by atoms with E-state index in [0.717, 1.165) is 46.6 Å². The van der Waals surface area contributed by atoms with Gasteiger partial charge >= 0.3 is 0 Å². The molecule has 0 spiro atoms. The minimum absolute atomic E-state index is 0.129. The van der Waals surface area contributed by atoms with Gasteiger partial charge in [-0.2, -0.15) is 5.10 Å². The predicted molar refractivity (Wildman–Crippen MR) is 124 cm³/mol. The van der Waals surface area contributed by atoms with Crippen LogP contribution in [0.25, 0.3) is 28.0 Å². The van der Waals surface area contributed by atoms with E-state index in [1.807, 2.05) is 64.8 Å². The highest BCUT2D eigenvalue weighted by molar-refractivity contribution is 5.85. The maximum atomic E-state index is 9.59. The highest BCUT2D eigenvalue weighted by atomic mass is 16.6. The predicted octanol–water partition coefficient (Wildman–Crippen LogP) is 3.57. The van der Waals surface area contributed by atoms with E-state index in [2.05, 4.69) is 4.98 Å². The summed E-state index contributed by atoms with van der Waals surface area (Å²) < 4.78 is 15.7. The maximum Gasteiger partial charge on any atom is 0.180 e. The fourth-order valence-corrected chi connectivity index (χ4v) is 3.69. The molecule has 0 amide bonds. The second-order valence-corrected chi connectivity index (χ2v) is 9.04. The molecule has 0 saturated heterocycles. The van der Waals surface area contributed by atoms with Gasteiger partial charge in [0.15, 0.2) is 6.29 Å². The van der Waals surface area contributed by atoms with Gasteiger partial charge in [0, 0.05) is 12.6 Å². The number of benzene rings is 2. The third-order valence-electron chi connectivity index (χ3n) is 5.88. The molecule has 2 N–H and O–H groups in total. The average molecular weight is 449 g/mol. The zero-order valence-electron chi connectivity index (χ0n) is 19.0. The van der Waals surface area contributed by atoms with Gasteiger partial charge in [0.2, 0.25) is 0 Å². The summed E-state index contributed by atoms with van der Waals surface area (Å²) in [5.74, 6) is 0.837. The Morgan fingerprint density at radius 1 is 1.12 bits per heavy atom. The van der Waals surface area contributed by atoms with Gasteiger partial charge < -0.3 is 24.3 Å². The lowest BCUT2D eigenvalue weighted by Crippen LogP contribution is -2.38. The zero-order valence-corrected chi connectivity index (χ0v) is 19.0. The molecule has 0 radical (unpaired) electrons. The lowest BCUT2D eigenvalue weighted by Gasteiger charge is -2.26. The van der Waals surface area contributed by atoms with E-state index in [9.17, 15) is 10.2 Å². The van der Waals surface area contributed by atoms with Crippen molar-refractivity contribution in [2.45, 2.75) is 51.3 Å². The summed E-state index contributed by atoms with van der Waals surface area (Å²) >= 11 is 0. The highest BCUT2D eigenvalue weighted by Gasteiger charge is 2.28. The fourth-order valence-electron chi connectivity index (χ4n) is 3.69. The van der Waals surface area contributed by atoms with Crippen molar-refractivity contribution in [3.8, 4) is 22.7 Å². The molecule has 5 rings (SSSR count). The molecule has 1 aliphatic rings. The Kier molecular flexibility index (Phi) is 5.44. The number of fused-ring (bicyclic) bond motifs is 1. The molecule has 0 aliphatic heterocycles. The van der Waals surface area contributed by atoms with Crippen molar-refractivity contribution in [3.63, 3.8) is 0 Å². The molecule has 172 valence electrons. The number of nitrogens with zero attached hydrogens (tertiary/aromatic N) is 4. The van der Waals surface area contributed by atoms with Crippen molar-refractivity contribution >= 4 is 11.0 Å². The zero-order chi connectivity index (χ0) is 23.2. The standard InChI is InChI=1S/C25H28N4O4/c1-25(2,24(30)31)32-14-17-13-22(16-6-4-7-19(12-16)33-18-10-11-18)29(27-17)21-9-5-8-20-23(21)28(3)15-26-20/h4-9,12-13,15,18,24,30-31H,10-11,14H2,1-3H3. The number of aliphatic hydroxyl groups is 2. The van der Waals surface area contributed by atoms with E-state index >= 15 is 0 Å². The Morgan fingerprint density at radius 2 is 1.91 bits per heavy atom. The summed E-state index contributed by atoms with van der Waals surface area (Å²) in [6, 6.07) is 15.9. The minimum Gasteiger partial charge on any atom is -0.490 e. The SMILES string of the molecule is Cn1cnc2cccc(-n3nc(COC(C)(C)C(O)O)cc3-c3cccc(OC4CC4)c3)c21. The van der Waals surface area contributed by atoms with E-state index < -0.39 is 11.9 Å². The molecule has 2 aromatic carbocycles. The van der Waals surface area contributed by atoms with Crippen LogP contribution in [0.2, 0.25) is 0 Å². The first-order chi connectivity index (χ1) is 15.8. The van der Waals surface area contributed by atoms with Crippen LogP contribution >= 0.6 is 0 Å². The smallest absolute Gasteiger partial charge is 0.180 e. The van der Waals surface area contributed by atoms with Crippen LogP contribution in [-0.2, 0) is 18.4 Å². The number of rotatable bonds is 8. The van der Waals surface area contributed by atoms with Crippen molar-refractivity contribution in [1.82, 2.24) is 19.3 Å². The lowest BCUT2D eigenvalue weighted by atomic mass is 10.1. The Hall–Kier alpha value is -3.20. The minimum atomic E-state index is -1.60. The second-order valence-electron chi connectivity index (χ2n) is 9.04. The van der Waals surface area contributed by atoms with Crippen LogP contribution in [0.15, 0.2) is 54.9 Å². The number of imidazole rings is 1. The molecule has 8 heteroatoms. The van der Waals surface area contributed by atoms with Crippen LogP contribution < -0.4 is 4.74 Å². The number of para-hydroxylation sites is 1. The summed E-state index contributed by atoms with van der Waals surface area (Å²) in [6.07, 6.45) is 2.69. The molecule has 8 nitrogen and oxygen atoms in total. The first kappa shape index (κ1) is 21.6. The Labute approximate surface area is 192 Å². The average Bonchev–Trinajstić information content (AvgIpc) is 3.37. The Morgan fingerprint density at radius 3 is 2.67 bits per heavy atom. The van der Waals surface area contributed by atoms with E-state index in [4.69, 9.17) is 14.6 Å². The number of aromatic nitrogens is 4. The summed E-state index contributed by atoms with van der Waals surface area (Å²) in [6.45, 7) is 3.39. The van der Waals surface area contributed by atoms with Gasteiger partial charge in [0.05, 0.1) is 47.1 Å². The van der Waals surface area contributed by atoms with Gasteiger partial charge in [-0.25, -0.2) is 9.67 Å². The molecule has 0 atom stereocenters. The molecular formula is C25H28N4O4. The molecule has 1 saturated carbocycles. The summed E-state index contributed by atoms with van der Waals surface area (Å²) in [7, 11) is 1.96. The van der Waals surface area contributed by atoms with Gasteiger partial charge in [0.1, 0.15) is 11.4 Å². The number of hydrogen-bond acceptors (Lipinski definition) is 6. The van der Waals surface area contributed by atoms with Crippen molar-refractivity contribution in [3.05, 3.63) is 60.6 Å². The molecule has 1 fully saturated rings. The van der Waals surface area contributed by atoms with E-state index in [-0.39, 0.29) is 6.61 Å². The summed E-state index contributed by atoms with van der Waals surface area (Å²) in [5, 5.41) is 24.0. The quantitative estimate of drug-likeness (QED) is 0.400. The summed E-state index contributed by atoms with van der Waals surface area (Å²) in [4.78, 5) is 4.48. The normalized spacial score (nSPS) is 14.4. The molecule has 4 aromatic rings. The first-order valence-electron chi connectivity index (χ1n) is 11.1. The van der Waals surface area contributed by atoms with E-state index in [1.54, 1.807) is 20.2 Å². The van der Waals surface area contributed by atoms with Crippen LogP contribution in [0.1, 0.15) is 32.4 Å². The van der Waals surface area contributed by atoms with Crippen molar-refractivity contribution in [1.29, 1.82) is 0 Å². The van der Waals surface area contributed by atoms with Crippen molar-refractivity contribution in [2.24, 2.45) is 7.05 Å². The molecule has 2 aromatic heterocycles. The highest BCUT2D eigenvalue weighted by Crippen LogP contribution is 2.33. The molecule has 2 heterocycles. The molecule has 0 unspecified atom stereocenters. The molecular weight excluding hydrogens is 420 g/mol. The van der Waals surface area contributed by atoms with Crippen LogP contribution in [0, 0.1) is 0 Å². The van der Waals surface area contributed by atoms with Gasteiger partial charge in [-0.1, -0.05) is 18.2 Å². The van der Waals surface area contributed by atoms with Crippen molar-refractivity contribution in [2.75, 3.05) is 0 Å². The van der Waals surface area contributed by atoms with Crippen LogP contribution in [0.4, 0.5) is 0 Å². The Bertz CT molecular complexity index is 1290. The molecule has 0 bridgehead atoms. The first-order valence-corrected chi connectivity index (χ1v) is 11.1. The number of hydrogen-bond donors (Lipinski definition) is 2. The third-order valence-corrected chi connectivity index (χ3v) is 5.88. The van der Waals surface area contributed by atoms with Gasteiger partial charge in [-0.15, -0.1) is 0 Å². The van der Waals surface area contributed by atoms with Gasteiger partial charge in [-0.3, -0.25) is 0 Å². The van der Waals surface area contributed by atoms with E-state index in [1.165, 1.54) is 0 Å². The molecule has 1 aliphatic carbocycles. The van der Waals surface area contributed by atoms with Gasteiger partial charge in [-0.05, 0) is 57.0 Å². The number of ether oxygens (including phenoxy) is 2. The summed E-state index contributed by atoms with van der Waals surface area (Å²) in [5.41, 5.74) is 4.13. The fraction of sp³-hybridized carbons (Fsp3) is 0.360. The molecule has 33 heavy (non-hydrogen) atoms. The largest absolute Gasteiger partial charge is 0.490 e. The maximum absolute atomic E-state index is 9.59. The van der Waals surface area contributed by atoms with Crippen molar-refractivity contribution < 1.29 is 19.7 Å². The Balaban J connectivity index is 1.59. The number of aliphatic hydroxyl groups excluding tert-OH is 1. The van der Waals surface area contributed by atoms with E-state index in [0.29, 0.717) is 11.8 Å². The monoisotopic (exact) mass is 448 g/mol. The second kappa shape index (κ2) is 8.30. The third kappa shape index (κ3) is 4.37. The topological polar surface area (TPSA) is 94.6 Å². The van der Waals surface area contributed by atoms with Crippen LogP contribution in [0.5, 0.6) is 5.75 Å². The lowest BCUT2D eigenvalue weighted by molar-refractivity contribution is -0.197.